The van der Waals surface area contributed by atoms with E-state index in [2.05, 4.69) is 11.9 Å². The van der Waals surface area contributed by atoms with Crippen LogP contribution < -0.4 is 0 Å². The van der Waals surface area contributed by atoms with Crippen LogP contribution in [0.15, 0.2) is 12.3 Å². The number of hydrogen-bond acceptors (Lipinski definition) is 1. The van der Waals surface area contributed by atoms with E-state index in [0.29, 0.717) is 5.69 Å². The Morgan fingerprint density at radius 3 is 2.20 bits per heavy atom. The van der Waals surface area contributed by atoms with E-state index in [0.717, 1.165) is 12.3 Å². The summed E-state index contributed by atoms with van der Waals surface area (Å²) < 4.78 is 36.8. The zero-order valence-corrected chi connectivity index (χ0v) is 9.08. The maximum atomic E-state index is 12.3. The Morgan fingerprint density at radius 2 is 1.87 bits per heavy atom. The highest BCUT2D eigenvalue weighted by molar-refractivity contribution is 6.31. The molecule has 5 heteroatoms. The third-order valence-electron chi connectivity index (χ3n) is 1.81. The maximum absolute atomic E-state index is 12.3. The van der Waals surface area contributed by atoms with E-state index in [1.807, 2.05) is 0 Å². The van der Waals surface area contributed by atoms with Gasteiger partial charge in [0, 0.05) is 11.6 Å². The van der Waals surface area contributed by atoms with Crippen LogP contribution in [0.25, 0.3) is 0 Å². The minimum atomic E-state index is -4.42. The third kappa shape index (κ3) is 2.84. The normalized spacial score (nSPS) is 13.0. The summed E-state index contributed by atoms with van der Waals surface area (Å²) in [7, 11) is 0. The van der Waals surface area contributed by atoms with Gasteiger partial charge in [-0.1, -0.05) is 25.4 Å². The van der Waals surface area contributed by atoms with Crippen molar-refractivity contribution in [2.24, 2.45) is 0 Å². The summed E-state index contributed by atoms with van der Waals surface area (Å²) in [5.41, 5.74) is -1.10. The quantitative estimate of drug-likeness (QED) is 0.721. The predicted octanol–water partition coefficient (Wildman–Crippen LogP) is 3.87. The van der Waals surface area contributed by atoms with Crippen molar-refractivity contribution in [1.82, 2.24) is 4.98 Å². The second kappa shape index (κ2) is 3.67. The van der Waals surface area contributed by atoms with Gasteiger partial charge in [0.05, 0.1) is 16.3 Å². The van der Waals surface area contributed by atoms with Gasteiger partial charge >= 0.3 is 6.18 Å². The van der Waals surface area contributed by atoms with E-state index in [1.54, 1.807) is 13.8 Å². The zero-order chi connectivity index (χ0) is 11.9. The van der Waals surface area contributed by atoms with Crippen molar-refractivity contribution >= 4 is 11.6 Å². The van der Waals surface area contributed by atoms with Gasteiger partial charge in [0.2, 0.25) is 0 Å². The molecule has 0 spiro atoms. The van der Waals surface area contributed by atoms with Crippen molar-refractivity contribution in [2.75, 3.05) is 0 Å². The molecule has 0 unspecified atom stereocenters. The Kier molecular flexibility index (Phi) is 3.01. The summed E-state index contributed by atoms with van der Waals surface area (Å²) in [4.78, 5) is 3.70. The Hall–Kier alpha value is -0.770. The Morgan fingerprint density at radius 1 is 1.33 bits per heavy atom. The smallest absolute Gasteiger partial charge is 0.259 e. The molecule has 1 rings (SSSR count). The van der Waals surface area contributed by atoms with Crippen LogP contribution >= 0.6 is 11.6 Å². The molecule has 0 saturated heterocycles. The molecule has 15 heavy (non-hydrogen) atoms. The lowest BCUT2D eigenvalue weighted by Crippen LogP contribution is -2.16. The van der Waals surface area contributed by atoms with Crippen LogP contribution in [0, 0.1) is 6.92 Å². The number of halogens is 4. The van der Waals surface area contributed by atoms with E-state index in [9.17, 15) is 13.2 Å². The molecule has 0 fully saturated rings. The third-order valence-corrected chi connectivity index (χ3v) is 2.10. The molecule has 0 aromatic carbocycles. The second-order valence-electron chi connectivity index (χ2n) is 3.94. The first-order valence-electron chi connectivity index (χ1n) is 4.21. The highest BCUT2D eigenvalue weighted by Gasteiger charge is 2.32. The number of aromatic nitrogens is 1. The molecular weight excluding hydrogens is 227 g/mol. The number of pyridine rings is 1. The molecule has 1 aromatic heterocycles. The fraction of sp³-hybridized carbons (Fsp3) is 0.400. The first-order valence-corrected chi connectivity index (χ1v) is 4.59. The number of hydrogen-bond donors (Lipinski definition) is 0. The van der Waals surface area contributed by atoms with E-state index in [1.165, 1.54) is 0 Å². The fourth-order valence-corrected chi connectivity index (χ4v) is 1.51. The summed E-state index contributed by atoms with van der Waals surface area (Å²) in [5.74, 6) is 0. The van der Waals surface area contributed by atoms with Crippen LogP contribution in [-0.2, 0) is 11.6 Å². The molecule has 1 radical (unpaired) electrons. The van der Waals surface area contributed by atoms with Gasteiger partial charge in [-0.15, -0.1) is 0 Å². The van der Waals surface area contributed by atoms with Gasteiger partial charge in [-0.05, 0) is 13.0 Å². The van der Waals surface area contributed by atoms with Crippen molar-refractivity contribution in [1.29, 1.82) is 0 Å². The maximum Gasteiger partial charge on any atom is 0.417 e. The topological polar surface area (TPSA) is 12.9 Å². The molecule has 0 amide bonds. The monoisotopic (exact) mass is 236 g/mol. The van der Waals surface area contributed by atoms with Crippen LogP contribution in [0.5, 0.6) is 0 Å². The van der Waals surface area contributed by atoms with Gasteiger partial charge in [-0.2, -0.15) is 13.2 Å². The number of nitrogens with zero attached hydrogens (tertiary/aromatic N) is 1. The molecule has 1 nitrogen and oxygen atoms in total. The Bertz CT molecular complexity index is 366. The van der Waals surface area contributed by atoms with E-state index >= 15 is 0 Å². The summed E-state index contributed by atoms with van der Waals surface area (Å²) >= 11 is 5.72. The lowest BCUT2D eigenvalue weighted by Gasteiger charge is -2.19. The van der Waals surface area contributed by atoms with Gasteiger partial charge in [-0.3, -0.25) is 4.98 Å². The van der Waals surface area contributed by atoms with Crippen molar-refractivity contribution < 1.29 is 13.2 Å². The van der Waals surface area contributed by atoms with Gasteiger partial charge in [0.15, 0.2) is 0 Å². The average molecular weight is 237 g/mol. The largest absolute Gasteiger partial charge is 0.417 e. The highest BCUT2D eigenvalue weighted by Crippen LogP contribution is 2.34. The summed E-state index contributed by atoms with van der Waals surface area (Å²) in [6.45, 7) is 7.23. The minimum absolute atomic E-state index is 0.00942. The SMILES string of the molecule is [CH2]C(C)(C)c1ncc(C(F)(F)F)cc1Cl. The molecule has 1 heterocycles. The van der Waals surface area contributed by atoms with Crippen LogP contribution in [0.3, 0.4) is 0 Å². The molecule has 0 aliphatic carbocycles. The van der Waals surface area contributed by atoms with Crippen molar-refractivity contribution in [3.05, 3.63) is 35.5 Å². The minimum Gasteiger partial charge on any atom is -0.259 e. The van der Waals surface area contributed by atoms with E-state index < -0.39 is 17.2 Å². The van der Waals surface area contributed by atoms with Gasteiger partial charge in [0.1, 0.15) is 0 Å². The van der Waals surface area contributed by atoms with Gasteiger partial charge < -0.3 is 0 Å². The zero-order valence-electron chi connectivity index (χ0n) is 8.32. The first kappa shape index (κ1) is 12.3. The van der Waals surface area contributed by atoms with Gasteiger partial charge in [-0.25, -0.2) is 0 Å². The van der Waals surface area contributed by atoms with Crippen molar-refractivity contribution in [2.45, 2.75) is 25.4 Å². The Labute approximate surface area is 91.3 Å². The second-order valence-corrected chi connectivity index (χ2v) is 4.34. The lowest BCUT2D eigenvalue weighted by atomic mass is 9.91. The number of rotatable bonds is 1. The molecule has 0 N–H and O–H groups in total. The highest BCUT2D eigenvalue weighted by atomic mass is 35.5. The molecule has 1 aromatic rings. The Balaban J connectivity index is 3.21. The first-order chi connectivity index (χ1) is 6.62. The summed E-state index contributed by atoms with van der Waals surface area (Å²) in [6, 6.07) is 0.872. The molecular formula is C10H10ClF3N. The predicted molar refractivity (Wildman–Crippen MR) is 52.6 cm³/mol. The summed E-state index contributed by atoms with van der Waals surface area (Å²) in [5, 5.41) is -0.00942. The molecule has 0 saturated carbocycles. The van der Waals surface area contributed by atoms with Crippen molar-refractivity contribution in [3.63, 3.8) is 0 Å². The number of alkyl halides is 3. The molecule has 0 atom stereocenters. The lowest BCUT2D eigenvalue weighted by molar-refractivity contribution is -0.137. The van der Waals surface area contributed by atoms with Crippen LogP contribution in [-0.4, -0.2) is 4.98 Å². The van der Waals surface area contributed by atoms with E-state index in [4.69, 9.17) is 11.6 Å². The molecule has 0 aliphatic heterocycles. The fourth-order valence-electron chi connectivity index (χ4n) is 1.09. The standard InChI is InChI=1S/C10H10ClF3N/c1-9(2,3)8-7(11)4-6(5-15-8)10(12,13)14/h4-5H,1H2,2-3H3. The van der Waals surface area contributed by atoms with Crippen LogP contribution in [0.4, 0.5) is 13.2 Å². The van der Waals surface area contributed by atoms with E-state index in [-0.39, 0.29) is 5.02 Å². The molecule has 0 bridgehead atoms. The molecule has 83 valence electrons. The molecule has 0 aliphatic rings. The van der Waals surface area contributed by atoms with Crippen LogP contribution in [0.1, 0.15) is 25.1 Å². The average Bonchev–Trinajstić information content (AvgIpc) is 1.99. The van der Waals surface area contributed by atoms with Gasteiger partial charge in [0.25, 0.3) is 0 Å². The van der Waals surface area contributed by atoms with Crippen LogP contribution in [0.2, 0.25) is 5.02 Å². The summed E-state index contributed by atoms with van der Waals surface area (Å²) in [6.07, 6.45) is -3.64. The van der Waals surface area contributed by atoms with Crippen molar-refractivity contribution in [3.8, 4) is 0 Å².